The normalized spacial score (nSPS) is 18.1. The third-order valence-corrected chi connectivity index (χ3v) is 6.68. The molecule has 0 unspecified atom stereocenters. The lowest BCUT2D eigenvalue weighted by atomic mass is 9.98. The van der Waals surface area contributed by atoms with E-state index in [-0.39, 0.29) is 11.4 Å². The fourth-order valence-corrected chi connectivity index (χ4v) is 4.37. The van der Waals surface area contributed by atoms with Crippen LogP contribution >= 0.6 is 0 Å². The number of fused-ring (bicyclic) bond motifs is 1. The second-order valence-corrected chi connectivity index (χ2v) is 8.83. The highest BCUT2D eigenvalue weighted by Gasteiger charge is 2.48. The van der Waals surface area contributed by atoms with E-state index in [4.69, 9.17) is 4.98 Å². The van der Waals surface area contributed by atoms with E-state index >= 15 is 0 Å². The van der Waals surface area contributed by atoms with E-state index in [0.29, 0.717) is 5.69 Å². The molecule has 2 aliphatic rings. The van der Waals surface area contributed by atoms with Crippen LogP contribution in [0.4, 0.5) is 0 Å². The molecule has 2 fully saturated rings. The zero-order valence-corrected chi connectivity index (χ0v) is 17.2. The van der Waals surface area contributed by atoms with Gasteiger partial charge in [0.2, 0.25) is 0 Å². The van der Waals surface area contributed by atoms with Crippen molar-refractivity contribution in [2.24, 2.45) is 7.05 Å². The number of amides is 1. The van der Waals surface area contributed by atoms with Crippen molar-refractivity contribution in [3.05, 3.63) is 71.7 Å². The van der Waals surface area contributed by atoms with E-state index in [0.717, 1.165) is 59.1 Å². The molecular weight excluding hydrogens is 390 g/mol. The van der Waals surface area contributed by atoms with Gasteiger partial charge in [-0.25, -0.2) is 4.98 Å². The third kappa shape index (κ3) is 2.96. The van der Waals surface area contributed by atoms with E-state index in [2.05, 4.69) is 21.6 Å². The first-order valence-corrected chi connectivity index (χ1v) is 10.6. The molecule has 0 saturated heterocycles. The zero-order chi connectivity index (χ0) is 21.2. The molecule has 156 valence electrons. The number of carbonyl (C=O) groups excluding carboxylic acids is 1. The van der Waals surface area contributed by atoms with E-state index in [9.17, 15) is 9.90 Å². The number of benzene rings is 1. The minimum Gasteiger partial charge on any atom is -0.385 e. The fourth-order valence-electron chi connectivity index (χ4n) is 4.37. The quantitative estimate of drug-likeness (QED) is 0.467. The highest BCUT2D eigenvalue weighted by Crippen LogP contribution is 2.49. The maximum Gasteiger partial charge on any atom is 0.268 e. The Morgan fingerprint density at radius 3 is 2.65 bits per heavy atom. The van der Waals surface area contributed by atoms with Gasteiger partial charge in [-0.2, -0.15) is 5.10 Å². The van der Waals surface area contributed by atoms with Crippen LogP contribution < -0.4 is 5.32 Å². The van der Waals surface area contributed by atoms with Gasteiger partial charge < -0.3 is 15.0 Å². The molecule has 3 N–H and O–H groups in total. The van der Waals surface area contributed by atoms with Crippen molar-refractivity contribution in [1.29, 1.82) is 0 Å². The molecule has 31 heavy (non-hydrogen) atoms. The van der Waals surface area contributed by atoms with Gasteiger partial charge in [-0.15, -0.1) is 0 Å². The molecular formula is C24H23N5O2. The topological polar surface area (TPSA) is 95.8 Å². The number of carbonyl (C=O) groups is 1. The van der Waals surface area contributed by atoms with Gasteiger partial charge in [0, 0.05) is 24.2 Å². The number of hydrogen-bond acceptors (Lipinski definition) is 4. The molecule has 3 heterocycles. The van der Waals surface area contributed by atoms with Crippen molar-refractivity contribution in [3.8, 4) is 11.3 Å². The number of pyridine rings is 1. The predicted octanol–water partition coefficient (Wildman–Crippen LogP) is 3.36. The number of aromatic amines is 1. The lowest BCUT2D eigenvalue weighted by Gasteiger charge is -2.20. The van der Waals surface area contributed by atoms with Crippen molar-refractivity contribution in [2.45, 2.75) is 36.8 Å². The molecule has 0 bridgehead atoms. The molecule has 0 aliphatic heterocycles. The van der Waals surface area contributed by atoms with Crippen molar-refractivity contribution >= 4 is 16.9 Å². The summed E-state index contributed by atoms with van der Waals surface area (Å²) in [6, 6.07) is 13.9. The number of aryl methyl sites for hydroxylation is 1. The minimum absolute atomic E-state index is 0.113. The average molecular weight is 413 g/mol. The van der Waals surface area contributed by atoms with Crippen LogP contribution in [0.25, 0.3) is 22.3 Å². The lowest BCUT2D eigenvalue weighted by molar-refractivity contribution is 0.0923. The van der Waals surface area contributed by atoms with Crippen LogP contribution in [0.2, 0.25) is 0 Å². The summed E-state index contributed by atoms with van der Waals surface area (Å²) in [4.78, 5) is 18.0. The monoisotopic (exact) mass is 413 g/mol. The smallest absolute Gasteiger partial charge is 0.268 e. The number of rotatable bonds is 5. The first kappa shape index (κ1) is 18.3. The van der Waals surface area contributed by atoms with Gasteiger partial charge in [-0.05, 0) is 55.0 Å². The van der Waals surface area contributed by atoms with Crippen LogP contribution in [-0.2, 0) is 18.2 Å². The minimum atomic E-state index is -0.676. The Bertz CT molecular complexity index is 1310. The molecule has 2 saturated carbocycles. The van der Waals surface area contributed by atoms with Crippen LogP contribution in [0.5, 0.6) is 0 Å². The number of nitrogens with zero attached hydrogens (tertiary/aromatic N) is 3. The Morgan fingerprint density at radius 1 is 1.13 bits per heavy atom. The molecule has 1 amide bonds. The van der Waals surface area contributed by atoms with Crippen LogP contribution in [-0.4, -0.2) is 30.8 Å². The van der Waals surface area contributed by atoms with Crippen molar-refractivity contribution in [2.75, 3.05) is 0 Å². The van der Waals surface area contributed by atoms with E-state index in [1.807, 2.05) is 48.0 Å². The summed E-state index contributed by atoms with van der Waals surface area (Å²) in [6.07, 6.45) is 6.93. The van der Waals surface area contributed by atoms with Gasteiger partial charge >= 0.3 is 0 Å². The second kappa shape index (κ2) is 6.28. The number of aliphatic hydroxyl groups is 1. The summed E-state index contributed by atoms with van der Waals surface area (Å²) in [6.45, 7) is 0. The summed E-state index contributed by atoms with van der Waals surface area (Å²) in [7, 11) is 1.87. The Kier molecular flexibility index (Phi) is 3.71. The molecule has 0 radical (unpaired) electrons. The number of hydrogen-bond donors (Lipinski definition) is 3. The zero-order valence-electron chi connectivity index (χ0n) is 17.2. The van der Waals surface area contributed by atoms with E-state index < -0.39 is 5.60 Å². The molecule has 0 atom stereocenters. The summed E-state index contributed by atoms with van der Waals surface area (Å²) < 4.78 is 1.84. The average Bonchev–Trinajstić information content (AvgIpc) is 3.63. The van der Waals surface area contributed by atoms with Gasteiger partial charge in [-0.3, -0.25) is 9.89 Å². The Labute approximate surface area is 179 Å². The summed E-state index contributed by atoms with van der Waals surface area (Å²) in [5.74, 6) is -0.113. The maximum absolute atomic E-state index is 13.2. The standard InChI is InChI=1S/C24H23N5O2/c1-29-20(11-15-5-6-19(27-21(15)29)16-13-25-26-14-16)22(30)28-23(7-8-23)17-3-2-4-18(12-17)24(31)9-10-24/h2-6,11-14,31H,7-10H2,1H3,(H,25,26)(H,28,30). The molecule has 6 rings (SSSR count). The lowest BCUT2D eigenvalue weighted by Crippen LogP contribution is -2.36. The summed E-state index contributed by atoms with van der Waals surface area (Å²) in [5.41, 5.74) is 4.03. The Morgan fingerprint density at radius 2 is 1.94 bits per heavy atom. The van der Waals surface area contributed by atoms with Crippen molar-refractivity contribution < 1.29 is 9.90 Å². The van der Waals surface area contributed by atoms with Crippen molar-refractivity contribution in [1.82, 2.24) is 25.1 Å². The molecule has 7 nitrogen and oxygen atoms in total. The van der Waals surface area contributed by atoms with Crippen LogP contribution in [0.15, 0.2) is 54.9 Å². The van der Waals surface area contributed by atoms with Gasteiger partial charge in [0.15, 0.2) is 0 Å². The summed E-state index contributed by atoms with van der Waals surface area (Å²) >= 11 is 0. The van der Waals surface area contributed by atoms with E-state index in [1.54, 1.807) is 12.4 Å². The summed E-state index contributed by atoms with van der Waals surface area (Å²) in [5, 5.41) is 21.4. The highest BCUT2D eigenvalue weighted by molar-refractivity contribution is 5.98. The molecule has 4 aromatic rings. The molecule has 7 heteroatoms. The van der Waals surface area contributed by atoms with Gasteiger partial charge in [0.25, 0.3) is 5.91 Å². The van der Waals surface area contributed by atoms with Crippen LogP contribution in [0, 0.1) is 0 Å². The fraction of sp³-hybridized carbons (Fsp3) is 0.292. The van der Waals surface area contributed by atoms with Gasteiger partial charge in [-0.1, -0.05) is 24.3 Å². The van der Waals surface area contributed by atoms with Crippen LogP contribution in [0.3, 0.4) is 0 Å². The second-order valence-electron chi connectivity index (χ2n) is 8.83. The maximum atomic E-state index is 13.2. The number of H-pyrrole nitrogens is 1. The SMILES string of the molecule is Cn1c(C(=O)NC2(c3cccc(C4(O)CC4)c3)CC2)cc2ccc(-c3cn[nH]c3)nc21. The largest absolute Gasteiger partial charge is 0.385 e. The third-order valence-electron chi connectivity index (χ3n) is 6.68. The molecule has 3 aromatic heterocycles. The highest BCUT2D eigenvalue weighted by atomic mass is 16.3. The van der Waals surface area contributed by atoms with E-state index in [1.165, 1.54) is 0 Å². The van der Waals surface area contributed by atoms with Gasteiger partial charge in [0.05, 0.1) is 23.0 Å². The first-order chi connectivity index (χ1) is 15.0. The predicted molar refractivity (Wildman–Crippen MR) is 116 cm³/mol. The number of aromatic nitrogens is 4. The molecule has 1 aromatic carbocycles. The van der Waals surface area contributed by atoms with Gasteiger partial charge in [0.1, 0.15) is 11.3 Å². The van der Waals surface area contributed by atoms with Crippen molar-refractivity contribution in [3.63, 3.8) is 0 Å². The Balaban J connectivity index is 1.30. The molecule has 0 spiro atoms. The van der Waals surface area contributed by atoms with Crippen LogP contribution in [0.1, 0.15) is 47.3 Å². The Hall–Kier alpha value is -3.45. The number of nitrogens with one attached hydrogen (secondary N) is 2. The molecule has 2 aliphatic carbocycles. The first-order valence-electron chi connectivity index (χ1n) is 10.6.